The van der Waals surface area contributed by atoms with Crippen LogP contribution in [-0.4, -0.2) is 46.5 Å². The van der Waals surface area contributed by atoms with E-state index in [9.17, 15) is 9.59 Å². The van der Waals surface area contributed by atoms with Gasteiger partial charge in [-0.05, 0) is 37.1 Å². The van der Waals surface area contributed by atoms with E-state index in [0.29, 0.717) is 13.1 Å². The number of H-pyrrole nitrogens is 1. The van der Waals surface area contributed by atoms with E-state index >= 15 is 0 Å². The predicted molar refractivity (Wildman–Crippen MR) is 122 cm³/mol. The van der Waals surface area contributed by atoms with Crippen molar-refractivity contribution in [2.75, 3.05) is 18.4 Å². The average molecular weight is 428 g/mol. The first-order chi connectivity index (χ1) is 15.5. The van der Waals surface area contributed by atoms with Crippen LogP contribution in [0.5, 0.6) is 0 Å². The molecule has 162 valence electrons. The molecule has 4 atom stereocenters. The van der Waals surface area contributed by atoms with E-state index < -0.39 is 17.4 Å². The first-order valence-electron chi connectivity index (χ1n) is 11.1. The van der Waals surface area contributed by atoms with E-state index in [-0.39, 0.29) is 17.9 Å². The normalized spacial score (nSPS) is 28.0. The quantitative estimate of drug-likeness (QED) is 0.613. The Hall–Kier alpha value is -3.38. The lowest BCUT2D eigenvalue weighted by molar-refractivity contribution is -0.135. The summed E-state index contributed by atoms with van der Waals surface area (Å²) < 4.78 is 6.24. The molecule has 6 nitrogen and oxygen atoms in total. The molecule has 2 fully saturated rings. The molecular formula is C26H25N3O3. The van der Waals surface area contributed by atoms with E-state index in [1.807, 2.05) is 66.6 Å². The third-order valence-electron chi connectivity index (χ3n) is 7.13. The van der Waals surface area contributed by atoms with Crippen molar-refractivity contribution < 1.29 is 14.3 Å². The molecule has 2 N–H and O–H groups in total. The summed E-state index contributed by atoms with van der Waals surface area (Å²) in [5.74, 6) is -1.11. The molecule has 2 aromatic carbocycles. The molecule has 0 aliphatic carbocycles. The largest absolute Gasteiger partial charge is 0.361 e. The zero-order valence-corrected chi connectivity index (χ0v) is 17.9. The Labute approximate surface area is 186 Å². The minimum Gasteiger partial charge on any atom is -0.361 e. The number of aryl methyl sites for hydroxylation is 1. The molecule has 2 amide bonds. The van der Waals surface area contributed by atoms with E-state index in [1.165, 1.54) is 10.9 Å². The van der Waals surface area contributed by atoms with Gasteiger partial charge in [-0.25, -0.2) is 0 Å². The van der Waals surface area contributed by atoms with Gasteiger partial charge in [-0.3, -0.25) is 9.59 Å². The van der Waals surface area contributed by atoms with Crippen LogP contribution in [0.2, 0.25) is 0 Å². The van der Waals surface area contributed by atoms with Crippen LogP contribution in [0.3, 0.4) is 0 Å². The van der Waals surface area contributed by atoms with Gasteiger partial charge in [0.1, 0.15) is 5.60 Å². The first kappa shape index (κ1) is 19.3. The van der Waals surface area contributed by atoms with Crippen LogP contribution < -0.4 is 5.32 Å². The topological polar surface area (TPSA) is 74.4 Å². The second-order valence-electron chi connectivity index (χ2n) is 9.12. The highest BCUT2D eigenvalue weighted by atomic mass is 16.5. The van der Waals surface area contributed by atoms with Gasteiger partial charge in [0.05, 0.1) is 24.5 Å². The molecule has 2 bridgehead atoms. The van der Waals surface area contributed by atoms with Crippen molar-refractivity contribution in [1.29, 1.82) is 0 Å². The van der Waals surface area contributed by atoms with Gasteiger partial charge in [-0.2, -0.15) is 0 Å². The standard InChI is InChI=1S/C26H25N3O3/c1-16-6-8-18(9-7-16)28-24(30)22-21-10-12-26(32-21)15-29(25(31)23(22)26)13-11-17-14-27-20-5-3-2-4-19(17)20/h2-10,12,14,21-23,27H,11,13,15H2,1H3,(H,28,30)/t21?,22?,23?,26-/m1/s1. The molecule has 3 aliphatic rings. The summed E-state index contributed by atoms with van der Waals surface area (Å²) in [6, 6.07) is 15.9. The van der Waals surface area contributed by atoms with Crippen LogP contribution in [0.1, 0.15) is 11.1 Å². The Balaban J connectivity index is 1.20. The number of fused-ring (bicyclic) bond motifs is 2. The van der Waals surface area contributed by atoms with Crippen LogP contribution in [-0.2, 0) is 20.7 Å². The van der Waals surface area contributed by atoms with Gasteiger partial charge in [0.2, 0.25) is 11.8 Å². The lowest BCUT2D eigenvalue weighted by Crippen LogP contribution is -2.41. The minimum absolute atomic E-state index is 0.0146. The Morgan fingerprint density at radius 3 is 2.88 bits per heavy atom. The summed E-state index contributed by atoms with van der Waals surface area (Å²) >= 11 is 0. The van der Waals surface area contributed by atoms with E-state index in [2.05, 4.69) is 22.4 Å². The number of carbonyl (C=O) groups is 2. The molecule has 32 heavy (non-hydrogen) atoms. The zero-order valence-electron chi connectivity index (χ0n) is 17.9. The fourth-order valence-electron chi connectivity index (χ4n) is 5.52. The number of nitrogens with one attached hydrogen (secondary N) is 2. The maximum Gasteiger partial charge on any atom is 0.231 e. The number of carbonyl (C=O) groups excluding carboxylic acids is 2. The molecule has 0 radical (unpaired) electrons. The number of benzene rings is 2. The smallest absolute Gasteiger partial charge is 0.231 e. The number of amides is 2. The van der Waals surface area contributed by atoms with Gasteiger partial charge in [0.25, 0.3) is 0 Å². The van der Waals surface area contributed by atoms with Gasteiger partial charge >= 0.3 is 0 Å². The van der Waals surface area contributed by atoms with E-state index in [0.717, 1.165) is 23.2 Å². The number of rotatable bonds is 5. The van der Waals surface area contributed by atoms with Crippen LogP contribution in [0.15, 0.2) is 66.9 Å². The lowest BCUT2D eigenvalue weighted by atomic mass is 9.77. The summed E-state index contributed by atoms with van der Waals surface area (Å²) in [6.07, 6.45) is 6.38. The van der Waals surface area contributed by atoms with E-state index in [4.69, 9.17) is 4.74 Å². The Morgan fingerprint density at radius 1 is 1.22 bits per heavy atom. The molecule has 3 aromatic rings. The number of ether oxygens (including phenoxy) is 1. The van der Waals surface area contributed by atoms with Crippen molar-refractivity contribution in [3.63, 3.8) is 0 Å². The molecule has 3 aliphatic heterocycles. The Bertz CT molecular complexity index is 1240. The highest BCUT2D eigenvalue weighted by Crippen LogP contribution is 2.52. The third kappa shape index (κ3) is 2.90. The van der Waals surface area contributed by atoms with Crippen molar-refractivity contribution in [2.45, 2.75) is 25.0 Å². The van der Waals surface area contributed by atoms with Crippen molar-refractivity contribution in [1.82, 2.24) is 9.88 Å². The van der Waals surface area contributed by atoms with Crippen molar-refractivity contribution in [2.24, 2.45) is 11.8 Å². The minimum atomic E-state index is -0.683. The highest BCUT2D eigenvalue weighted by Gasteiger charge is 2.66. The summed E-state index contributed by atoms with van der Waals surface area (Å²) in [7, 11) is 0. The molecule has 6 heteroatoms. The monoisotopic (exact) mass is 427 g/mol. The molecule has 3 unspecified atom stereocenters. The van der Waals surface area contributed by atoms with Crippen LogP contribution >= 0.6 is 0 Å². The number of hydrogen-bond donors (Lipinski definition) is 2. The van der Waals surface area contributed by atoms with Gasteiger partial charge < -0.3 is 19.9 Å². The van der Waals surface area contributed by atoms with Crippen molar-refractivity contribution >= 4 is 28.4 Å². The van der Waals surface area contributed by atoms with Crippen LogP contribution in [0.4, 0.5) is 5.69 Å². The molecule has 0 saturated carbocycles. The lowest BCUT2D eigenvalue weighted by Gasteiger charge is -2.23. The summed E-state index contributed by atoms with van der Waals surface area (Å²) in [5.41, 5.74) is 3.48. The number of para-hydroxylation sites is 1. The number of likely N-dealkylation sites (tertiary alicyclic amines) is 1. The zero-order chi connectivity index (χ0) is 21.9. The van der Waals surface area contributed by atoms with Gasteiger partial charge in [0, 0.05) is 29.3 Å². The maximum absolute atomic E-state index is 13.4. The average Bonchev–Trinajstić information content (AvgIpc) is 3.54. The third-order valence-corrected chi connectivity index (χ3v) is 7.13. The highest BCUT2D eigenvalue weighted by molar-refractivity contribution is 5.99. The summed E-state index contributed by atoms with van der Waals surface area (Å²) in [6.45, 7) is 3.11. The molecular weight excluding hydrogens is 402 g/mol. The van der Waals surface area contributed by atoms with E-state index in [1.54, 1.807) is 0 Å². The van der Waals surface area contributed by atoms with Crippen molar-refractivity contribution in [3.05, 3.63) is 78.0 Å². The molecule has 4 heterocycles. The first-order valence-corrected chi connectivity index (χ1v) is 11.1. The number of hydrogen-bond acceptors (Lipinski definition) is 3. The van der Waals surface area contributed by atoms with Gasteiger partial charge in [0.15, 0.2) is 0 Å². The molecule has 2 saturated heterocycles. The fraction of sp³-hybridized carbons (Fsp3) is 0.308. The second-order valence-corrected chi connectivity index (χ2v) is 9.12. The van der Waals surface area contributed by atoms with Crippen LogP contribution in [0, 0.1) is 18.8 Å². The SMILES string of the molecule is Cc1ccc(NC(=O)C2C3C=C[C@]4(CN(CCc5c[nH]c6ccccc56)C(=O)C24)O3)cc1. The van der Waals surface area contributed by atoms with Crippen LogP contribution in [0.25, 0.3) is 10.9 Å². The van der Waals surface area contributed by atoms with Gasteiger partial charge in [-0.15, -0.1) is 0 Å². The molecule has 6 rings (SSSR count). The molecule has 1 spiro atoms. The number of aromatic amines is 1. The number of anilines is 1. The van der Waals surface area contributed by atoms with Gasteiger partial charge in [-0.1, -0.05) is 48.0 Å². The number of aromatic nitrogens is 1. The predicted octanol–water partition coefficient (Wildman–Crippen LogP) is 3.44. The fourth-order valence-corrected chi connectivity index (χ4v) is 5.52. The Kier molecular flexibility index (Phi) is 4.27. The Morgan fingerprint density at radius 2 is 2.03 bits per heavy atom. The maximum atomic E-state index is 13.4. The molecule has 1 aromatic heterocycles. The van der Waals surface area contributed by atoms with Crippen molar-refractivity contribution in [3.8, 4) is 0 Å². The summed E-state index contributed by atoms with van der Waals surface area (Å²) in [5, 5.41) is 4.17. The summed E-state index contributed by atoms with van der Waals surface area (Å²) in [4.78, 5) is 31.8. The number of nitrogens with zero attached hydrogens (tertiary/aromatic N) is 1. The second kappa shape index (κ2) is 7.07.